The number of methoxy groups -OCH3 is 1. The number of nitrogens with one attached hydrogen (secondary N) is 1. The van der Waals surface area contributed by atoms with Crippen LogP contribution >= 0.6 is 11.6 Å². The Morgan fingerprint density at radius 2 is 1.95 bits per heavy atom. The van der Waals surface area contributed by atoms with Gasteiger partial charge >= 0.3 is 11.9 Å². The van der Waals surface area contributed by atoms with Crippen LogP contribution in [0.4, 0.5) is 5.69 Å². The summed E-state index contributed by atoms with van der Waals surface area (Å²) in [5.41, 5.74) is 0.426. The first-order chi connectivity index (χ1) is 9.97. The number of carbonyl (C=O) groups is 3. The van der Waals surface area contributed by atoms with Crippen molar-refractivity contribution in [2.45, 2.75) is 19.8 Å². The second-order valence-corrected chi connectivity index (χ2v) is 4.47. The van der Waals surface area contributed by atoms with E-state index in [0.717, 1.165) is 0 Å². The van der Waals surface area contributed by atoms with Gasteiger partial charge in [0.1, 0.15) is 0 Å². The monoisotopic (exact) mass is 313 g/mol. The van der Waals surface area contributed by atoms with Crippen LogP contribution in [0.2, 0.25) is 5.02 Å². The molecule has 0 atom stereocenters. The van der Waals surface area contributed by atoms with Gasteiger partial charge in [-0.3, -0.25) is 9.59 Å². The van der Waals surface area contributed by atoms with Crippen molar-refractivity contribution in [2.24, 2.45) is 0 Å². The van der Waals surface area contributed by atoms with Crippen molar-refractivity contribution in [1.82, 2.24) is 0 Å². The third kappa shape index (κ3) is 5.43. The quantitative estimate of drug-likeness (QED) is 0.816. The lowest BCUT2D eigenvalue weighted by molar-refractivity contribution is -0.144. The number of carbonyl (C=O) groups excluding carboxylic acids is 3. The highest BCUT2D eigenvalue weighted by Gasteiger charge is 2.15. The second-order valence-electron chi connectivity index (χ2n) is 4.03. The maximum Gasteiger partial charge on any atom is 0.340 e. The Bertz CT molecular complexity index is 544. The predicted octanol–water partition coefficient (Wildman–Crippen LogP) is 2.41. The first-order valence-corrected chi connectivity index (χ1v) is 6.69. The third-order valence-electron chi connectivity index (χ3n) is 2.52. The highest BCUT2D eigenvalue weighted by atomic mass is 35.5. The Hall–Kier alpha value is -2.08. The van der Waals surface area contributed by atoms with Crippen LogP contribution in [0.15, 0.2) is 18.2 Å². The van der Waals surface area contributed by atoms with E-state index in [4.69, 9.17) is 16.3 Å². The van der Waals surface area contributed by atoms with E-state index < -0.39 is 17.8 Å². The Morgan fingerprint density at radius 3 is 2.57 bits per heavy atom. The van der Waals surface area contributed by atoms with Crippen molar-refractivity contribution >= 4 is 35.1 Å². The number of halogens is 1. The van der Waals surface area contributed by atoms with Gasteiger partial charge in [0.15, 0.2) is 0 Å². The summed E-state index contributed by atoms with van der Waals surface area (Å²) in [6.07, 6.45) is -0.0666. The van der Waals surface area contributed by atoms with Crippen molar-refractivity contribution < 1.29 is 23.9 Å². The summed E-state index contributed by atoms with van der Waals surface area (Å²) in [6.45, 7) is 1.96. The Morgan fingerprint density at radius 1 is 1.24 bits per heavy atom. The number of hydrogen-bond acceptors (Lipinski definition) is 5. The normalized spacial score (nSPS) is 9.86. The largest absolute Gasteiger partial charge is 0.466 e. The maximum atomic E-state index is 11.8. The van der Waals surface area contributed by atoms with Crippen LogP contribution in [0.5, 0.6) is 0 Å². The smallest absolute Gasteiger partial charge is 0.340 e. The van der Waals surface area contributed by atoms with Gasteiger partial charge in [0.25, 0.3) is 0 Å². The number of esters is 2. The fourth-order valence-corrected chi connectivity index (χ4v) is 1.74. The molecular weight excluding hydrogens is 298 g/mol. The van der Waals surface area contributed by atoms with Gasteiger partial charge in [0.2, 0.25) is 5.91 Å². The second kappa shape index (κ2) is 8.26. The summed E-state index contributed by atoms with van der Waals surface area (Å²) < 4.78 is 9.35. The van der Waals surface area contributed by atoms with E-state index in [1.807, 2.05) is 0 Å². The van der Waals surface area contributed by atoms with Crippen LogP contribution in [0, 0.1) is 0 Å². The summed E-state index contributed by atoms with van der Waals surface area (Å²) >= 11 is 5.81. The molecule has 0 fully saturated rings. The van der Waals surface area contributed by atoms with Gasteiger partial charge in [0.05, 0.1) is 31.4 Å². The minimum absolute atomic E-state index is 0.0270. The van der Waals surface area contributed by atoms with Crippen LogP contribution in [-0.2, 0) is 19.1 Å². The molecule has 6 nitrogen and oxygen atoms in total. The SMILES string of the molecule is CCOC(=O)CCC(=O)Nc1ccc(Cl)cc1C(=O)OC. The molecule has 0 aliphatic rings. The summed E-state index contributed by atoms with van der Waals surface area (Å²) in [6, 6.07) is 4.43. The number of ether oxygens (including phenoxy) is 2. The highest BCUT2D eigenvalue weighted by Crippen LogP contribution is 2.21. The number of hydrogen-bond donors (Lipinski definition) is 1. The summed E-state index contributed by atoms with van der Waals surface area (Å²) in [5, 5.41) is 2.89. The van der Waals surface area contributed by atoms with E-state index in [1.54, 1.807) is 6.92 Å². The molecule has 0 bridgehead atoms. The van der Waals surface area contributed by atoms with E-state index in [-0.39, 0.29) is 30.7 Å². The zero-order chi connectivity index (χ0) is 15.8. The molecular formula is C14H16ClNO5. The van der Waals surface area contributed by atoms with Gasteiger partial charge in [-0.25, -0.2) is 4.79 Å². The van der Waals surface area contributed by atoms with Crippen molar-refractivity contribution in [3.8, 4) is 0 Å². The molecule has 0 saturated heterocycles. The maximum absolute atomic E-state index is 11.8. The topological polar surface area (TPSA) is 81.7 Å². The molecule has 1 N–H and O–H groups in total. The fourth-order valence-electron chi connectivity index (χ4n) is 1.57. The first kappa shape index (κ1) is 17.0. The molecule has 1 amide bonds. The number of rotatable bonds is 6. The molecule has 21 heavy (non-hydrogen) atoms. The van der Waals surface area contributed by atoms with Crippen LogP contribution in [0.1, 0.15) is 30.1 Å². The molecule has 0 heterocycles. The number of anilines is 1. The van der Waals surface area contributed by atoms with E-state index in [1.165, 1.54) is 25.3 Å². The molecule has 0 saturated carbocycles. The molecule has 0 unspecified atom stereocenters. The molecule has 0 radical (unpaired) electrons. The van der Waals surface area contributed by atoms with E-state index in [9.17, 15) is 14.4 Å². The molecule has 0 aliphatic heterocycles. The molecule has 7 heteroatoms. The lowest BCUT2D eigenvalue weighted by atomic mass is 10.1. The van der Waals surface area contributed by atoms with Gasteiger partial charge in [-0.2, -0.15) is 0 Å². The predicted molar refractivity (Wildman–Crippen MR) is 77.3 cm³/mol. The third-order valence-corrected chi connectivity index (χ3v) is 2.76. The minimum atomic E-state index is -0.613. The van der Waals surface area contributed by atoms with Gasteiger partial charge in [-0.05, 0) is 25.1 Å². The van der Waals surface area contributed by atoms with Crippen molar-refractivity contribution in [3.63, 3.8) is 0 Å². The number of amides is 1. The van der Waals surface area contributed by atoms with E-state index >= 15 is 0 Å². The fraction of sp³-hybridized carbons (Fsp3) is 0.357. The van der Waals surface area contributed by atoms with Crippen LogP contribution < -0.4 is 5.32 Å². The summed E-state index contributed by atoms with van der Waals surface area (Å²) in [4.78, 5) is 34.6. The Labute approximate surface area is 127 Å². The van der Waals surface area contributed by atoms with Gasteiger partial charge < -0.3 is 14.8 Å². The average molecular weight is 314 g/mol. The Balaban J connectivity index is 2.72. The van der Waals surface area contributed by atoms with E-state index in [0.29, 0.717) is 5.02 Å². The first-order valence-electron chi connectivity index (χ1n) is 6.31. The van der Waals surface area contributed by atoms with E-state index in [2.05, 4.69) is 10.1 Å². The molecule has 1 aromatic rings. The standard InChI is InChI=1S/C14H16ClNO5/c1-3-21-13(18)7-6-12(17)16-11-5-4-9(15)8-10(11)14(19)20-2/h4-5,8H,3,6-7H2,1-2H3,(H,16,17). The molecule has 1 aromatic carbocycles. The number of benzene rings is 1. The zero-order valence-corrected chi connectivity index (χ0v) is 12.5. The van der Waals surface area contributed by atoms with Crippen molar-refractivity contribution in [3.05, 3.63) is 28.8 Å². The molecule has 114 valence electrons. The zero-order valence-electron chi connectivity index (χ0n) is 11.8. The van der Waals surface area contributed by atoms with Crippen LogP contribution in [0.25, 0.3) is 0 Å². The molecule has 0 spiro atoms. The van der Waals surface area contributed by atoms with Gasteiger partial charge in [-0.1, -0.05) is 11.6 Å². The molecule has 0 aromatic heterocycles. The van der Waals surface area contributed by atoms with Crippen molar-refractivity contribution in [1.29, 1.82) is 0 Å². The lowest BCUT2D eigenvalue weighted by Gasteiger charge is -2.10. The lowest BCUT2D eigenvalue weighted by Crippen LogP contribution is -2.17. The van der Waals surface area contributed by atoms with Crippen molar-refractivity contribution in [2.75, 3.05) is 19.0 Å². The summed E-state index contributed by atoms with van der Waals surface area (Å²) in [7, 11) is 1.23. The average Bonchev–Trinajstić information content (AvgIpc) is 2.46. The molecule has 1 rings (SSSR count). The van der Waals surface area contributed by atoms with Gasteiger partial charge in [0, 0.05) is 11.4 Å². The van der Waals surface area contributed by atoms with Crippen LogP contribution in [0.3, 0.4) is 0 Å². The minimum Gasteiger partial charge on any atom is -0.466 e. The van der Waals surface area contributed by atoms with Gasteiger partial charge in [-0.15, -0.1) is 0 Å². The highest BCUT2D eigenvalue weighted by molar-refractivity contribution is 6.31. The van der Waals surface area contributed by atoms with Crippen LogP contribution in [-0.4, -0.2) is 31.6 Å². The summed E-state index contributed by atoms with van der Waals surface area (Å²) in [5.74, 6) is -1.47. The molecule has 0 aliphatic carbocycles. The Kier molecular flexibility index (Phi) is 6.68.